The van der Waals surface area contributed by atoms with Crippen LogP contribution in [0.5, 0.6) is 11.5 Å². The molecule has 9 heteroatoms. The Morgan fingerprint density at radius 3 is 2.58 bits per heavy atom. The zero-order chi connectivity index (χ0) is 28.9. The number of pyridine rings is 1. The number of ether oxygens (including phenoxy) is 2. The molecule has 212 valence electrons. The van der Waals surface area contributed by atoms with E-state index >= 15 is 0 Å². The third kappa shape index (κ3) is 7.17. The maximum Gasteiger partial charge on any atom is 0.303 e. The average Bonchev–Trinajstić information content (AvgIpc) is 3.71. The summed E-state index contributed by atoms with van der Waals surface area (Å²) in [6, 6.07) is 9.72. The number of amidine groups is 1. The maximum atomic E-state index is 13.6. The maximum absolute atomic E-state index is 13.6. The van der Waals surface area contributed by atoms with Gasteiger partial charge in [0.15, 0.2) is 17.3 Å². The van der Waals surface area contributed by atoms with Gasteiger partial charge in [-0.05, 0) is 55.7 Å². The molecule has 1 fully saturated rings. The molecule has 2 aromatic rings. The Labute approximate surface area is 235 Å². The van der Waals surface area contributed by atoms with E-state index in [-0.39, 0.29) is 36.6 Å². The molecule has 0 saturated heterocycles. The molecule has 0 bridgehead atoms. The van der Waals surface area contributed by atoms with E-state index in [1.54, 1.807) is 11.0 Å². The molecule has 0 amide bonds. The van der Waals surface area contributed by atoms with Crippen LogP contribution < -0.4 is 9.47 Å². The summed E-state index contributed by atoms with van der Waals surface area (Å²) in [7, 11) is 0. The number of nitrogens with zero attached hydrogens (tertiary/aromatic N) is 3. The topological polar surface area (TPSA) is 137 Å². The predicted octanol–water partition coefficient (Wildman–Crippen LogP) is 5.60. The lowest BCUT2D eigenvalue weighted by atomic mass is 9.84. The summed E-state index contributed by atoms with van der Waals surface area (Å²) in [5, 5.41) is 26.5. The van der Waals surface area contributed by atoms with Crippen molar-refractivity contribution in [2.45, 2.75) is 83.6 Å². The fourth-order valence-electron chi connectivity index (χ4n) is 4.74. The van der Waals surface area contributed by atoms with Crippen LogP contribution in [-0.4, -0.2) is 52.3 Å². The normalized spacial score (nSPS) is 14.6. The van der Waals surface area contributed by atoms with Crippen LogP contribution >= 0.6 is 0 Å². The Morgan fingerprint density at radius 1 is 1.15 bits per heavy atom. The van der Waals surface area contributed by atoms with Gasteiger partial charge in [-0.3, -0.25) is 15.0 Å². The summed E-state index contributed by atoms with van der Waals surface area (Å²) in [5.41, 5.74) is 3.56. The highest BCUT2D eigenvalue weighted by molar-refractivity contribution is 6.04. The van der Waals surface area contributed by atoms with Crippen LogP contribution in [0.15, 0.2) is 24.3 Å². The van der Waals surface area contributed by atoms with Crippen molar-refractivity contribution in [3.63, 3.8) is 0 Å². The third-order valence-electron chi connectivity index (χ3n) is 7.14. The minimum atomic E-state index is -0.849. The molecule has 40 heavy (non-hydrogen) atoms. The van der Waals surface area contributed by atoms with Crippen LogP contribution in [0, 0.1) is 16.7 Å². The third-order valence-corrected chi connectivity index (χ3v) is 7.14. The molecule has 1 saturated carbocycles. The van der Waals surface area contributed by atoms with Gasteiger partial charge >= 0.3 is 5.97 Å². The highest BCUT2D eigenvalue weighted by Crippen LogP contribution is 2.41. The van der Waals surface area contributed by atoms with Gasteiger partial charge in [-0.15, -0.1) is 0 Å². The number of benzene rings is 1. The fraction of sp³-hybridized carbons (Fsp3) is 0.516. The van der Waals surface area contributed by atoms with Gasteiger partial charge in [-0.1, -0.05) is 26.8 Å². The number of ketones is 1. The molecule has 4 rings (SSSR count). The average molecular weight is 547 g/mol. The number of nitrogens with one attached hydrogen (secondary N) is 1. The molecule has 2 heterocycles. The second kappa shape index (κ2) is 12.5. The summed E-state index contributed by atoms with van der Waals surface area (Å²) in [4.78, 5) is 31.0. The van der Waals surface area contributed by atoms with E-state index in [1.165, 1.54) is 0 Å². The summed E-state index contributed by atoms with van der Waals surface area (Å²) in [6.45, 7) is 7.22. The molecular formula is C31H38N4O5. The minimum absolute atomic E-state index is 0.0396. The molecule has 2 N–H and O–H groups in total. The molecule has 0 radical (unpaired) electrons. The zero-order valence-electron chi connectivity index (χ0n) is 23.6. The Kier molecular flexibility index (Phi) is 9.08. The summed E-state index contributed by atoms with van der Waals surface area (Å²) < 4.78 is 12.2. The molecule has 1 aliphatic heterocycles. The number of aromatic nitrogens is 1. The number of carboxylic acid groups (broad SMARTS) is 1. The number of rotatable bonds is 14. The smallest absolute Gasteiger partial charge is 0.303 e. The van der Waals surface area contributed by atoms with Gasteiger partial charge in [0.2, 0.25) is 0 Å². The van der Waals surface area contributed by atoms with Crippen molar-refractivity contribution in [2.24, 2.45) is 0 Å². The summed E-state index contributed by atoms with van der Waals surface area (Å²) in [6.07, 6.45) is 4.29. The number of nitriles is 1. The van der Waals surface area contributed by atoms with Gasteiger partial charge < -0.3 is 19.5 Å². The first-order chi connectivity index (χ1) is 19.1. The second-order valence-electron chi connectivity index (χ2n) is 11.6. The van der Waals surface area contributed by atoms with Crippen molar-refractivity contribution in [3.05, 3.63) is 52.3 Å². The van der Waals surface area contributed by atoms with E-state index < -0.39 is 5.97 Å². The molecule has 1 aliphatic carbocycles. The van der Waals surface area contributed by atoms with Crippen molar-refractivity contribution in [1.82, 2.24) is 9.88 Å². The molecule has 0 unspecified atom stereocenters. The highest BCUT2D eigenvalue weighted by atomic mass is 16.5. The second-order valence-corrected chi connectivity index (χ2v) is 11.6. The van der Waals surface area contributed by atoms with E-state index in [4.69, 9.17) is 30.2 Å². The van der Waals surface area contributed by atoms with Crippen LogP contribution in [0.2, 0.25) is 0 Å². The number of aliphatic carboxylic acids is 1. The minimum Gasteiger partial charge on any atom is -0.490 e. The first-order valence-electron chi connectivity index (χ1n) is 14.0. The van der Waals surface area contributed by atoms with Crippen molar-refractivity contribution in [2.75, 3.05) is 19.8 Å². The number of hydrogen-bond donors (Lipinski definition) is 2. The number of carbonyl (C=O) groups is 2. The SMILES string of the molecule is CC(C)(C)c1cc(C(=O)CN2Cc3ccc(C4CC4)nc3C2=N)cc(OCCCCC(=O)O)c1OCCCC#N. The Morgan fingerprint density at radius 2 is 1.90 bits per heavy atom. The molecule has 9 nitrogen and oxygen atoms in total. The Bertz CT molecular complexity index is 1320. The van der Waals surface area contributed by atoms with Crippen molar-refractivity contribution >= 4 is 17.6 Å². The number of carbonyl (C=O) groups excluding carboxylic acids is 1. The first-order valence-corrected chi connectivity index (χ1v) is 14.0. The van der Waals surface area contributed by atoms with Gasteiger partial charge in [0.25, 0.3) is 0 Å². The van der Waals surface area contributed by atoms with E-state index in [1.807, 2.05) is 39.0 Å². The molecule has 0 atom stereocenters. The van der Waals surface area contributed by atoms with Crippen molar-refractivity contribution in [3.8, 4) is 17.6 Å². The van der Waals surface area contributed by atoms with Gasteiger partial charge in [-0.2, -0.15) is 5.26 Å². The van der Waals surface area contributed by atoms with Crippen LogP contribution in [-0.2, 0) is 16.8 Å². The molecule has 2 aliphatic rings. The number of Topliss-reactive ketones (excluding diaryl/α,β-unsaturated/α-hetero) is 1. The van der Waals surface area contributed by atoms with Gasteiger partial charge in [0.1, 0.15) is 11.5 Å². The fourth-order valence-corrected chi connectivity index (χ4v) is 4.74. The number of unbranched alkanes of at least 4 members (excludes halogenated alkanes) is 2. The van der Waals surface area contributed by atoms with Crippen molar-refractivity contribution < 1.29 is 24.2 Å². The standard InChI is InChI=1S/C31H38N4O5/c1-31(2,3)23-16-22(17-26(29(23)40-15-7-5-13-32)39-14-6-4-8-27(37)38)25(36)19-35-18-21-11-12-24(20-9-10-20)34-28(21)30(35)33/h11-12,16-17,20,33H,4-10,14-15,18-19H2,1-3H3,(H,37,38). The monoisotopic (exact) mass is 546 g/mol. The Hall–Kier alpha value is -3.93. The predicted molar refractivity (Wildman–Crippen MR) is 150 cm³/mol. The quantitative estimate of drug-likeness (QED) is 0.231. The van der Waals surface area contributed by atoms with Gasteiger partial charge in [0, 0.05) is 47.7 Å². The van der Waals surface area contributed by atoms with Crippen molar-refractivity contribution in [1.29, 1.82) is 10.7 Å². The Balaban J connectivity index is 1.56. The number of fused-ring (bicyclic) bond motifs is 1. The lowest BCUT2D eigenvalue weighted by molar-refractivity contribution is -0.137. The lowest BCUT2D eigenvalue weighted by Gasteiger charge is -2.26. The van der Waals surface area contributed by atoms with Gasteiger partial charge in [-0.25, -0.2) is 4.98 Å². The van der Waals surface area contributed by atoms with Crippen LogP contribution in [0.25, 0.3) is 0 Å². The number of hydrogen-bond acceptors (Lipinski definition) is 7. The van der Waals surface area contributed by atoms with E-state index in [0.717, 1.165) is 29.7 Å². The summed E-state index contributed by atoms with van der Waals surface area (Å²) >= 11 is 0. The first kappa shape index (κ1) is 29.1. The van der Waals surface area contributed by atoms with E-state index in [2.05, 4.69) is 6.07 Å². The molecule has 1 aromatic carbocycles. The van der Waals surface area contributed by atoms with Crippen LogP contribution in [0.4, 0.5) is 0 Å². The van der Waals surface area contributed by atoms with Crippen LogP contribution in [0.3, 0.4) is 0 Å². The number of carboxylic acids is 1. The molecule has 1 aromatic heterocycles. The van der Waals surface area contributed by atoms with E-state index in [0.29, 0.717) is 67.5 Å². The van der Waals surface area contributed by atoms with Gasteiger partial charge in [0.05, 0.1) is 25.8 Å². The molecule has 0 spiro atoms. The van der Waals surface area contributed by atoms with E-state index in [9.17, 15) is 9.59 Å². The highest BCUT2D eigenvalue weighted by Gasteiger charge is 2.32. The van der Waals surface area contributed by atoms with Crippen LogP contribution in [0.1, 0.15) is 105 Å². The lowest BCUT2D eigenvalue weighted by Crippen LogP contribution is -2.30. The largest absolute Gasteiger partial charge is 0.490 e. The zero-order valence-corrected chi connectivity index (χ0v) is 23.6. The molecular weight excluding hydrogens is 508 g/mol. The summed E-state index contributed by atoms with van der Waals surface area (Å²) in [5.74, 6) is 0.744.